The van der Waals surface area contributed by atoms with Gasteiger partial charge in [-0.1, -0.05) is 32.0 Å². The minimum Gasteiger partial charge on any atom is -0.354 e. The predicted octanol–water partition coefficient (Wildman–Crippen LogP) is 3.20. The highest BCUT2D eigenvalue weighted by molar-refractivity contribution is 8.01. The molecule has 0 aliphatic carbocycles. The molecule has 2 amide bonds. The molecule has 2 unspecified atom stereocenters. The van der Waals surface area contributed by atoms with Gasteiger partial charge in [0.1, 0.15) is 11.4 Å². The SMILES string of the molecule is CC(C)CCNC(=O)C1N2C(=O)c3ccccc3C2SC1(C)C. The van der Waals surface area contributed by atoms with Crippen LogP contribution in [0.2, 0.25) is 0 Å². The number of benzene rings is 1. The van der Waals surface area contributed by atoms with Crippen LogP contribution in [0.5, 0.6) is 0 Å². The topological polar surface area (TPSA) is 49.4 Å². The molecular weight excluding hydrogens is 308 g/mol. The smallest absolute Gasteiger partial charge is 0.256 e. The molecular formula is C18H24N2O2S. The Bertz CT molecular complexity index is 642. The molecule has 0 aromatic heterocycles. The zero-order valence-corrected chi connectivity index (χ0v) is 14.9. The molecule has 2 heterocycles. The molecule has 1 saturated heterocycles. The van der Waals surface area contributed by atoms with Gasteiger partial charge in [-0.05, 0) is 37.8 Å². The Morgan fingerprint density at radius 3 is 2.74 bits per heavy atom. The summed E-state index contributed by atoms with van der Waals surface area (Å²) in [4.78, 5) is 27.3. The summed E-state index contributed by atoms with van der Waals surface area (Å²) in [5.74, 6) is 0.492. The van der Waals surface area contributed by atoms with Crippen LogP contribution < -0.4 is 5.32 Å². The number of nitrogens with zero attached hydrogens (tertiary/aromatic N) is 1. The van der Waals surface area contributed by atoms with Crippen LogP contribution in [-0.2, 0) is 4.79 Å². The lowest BCUT2D eigenvalue weighted by atomic mass is 10.0. The first-order valence-electron chi connectivity index (χ1n) is 8.20. The van der Waals surface area contributed by atoms with Crippen LogP contribution in [0, 0.1) is 5.92 Å². The largest absolute Gasteiger partial charge is 0.354 e. The second-order valence-electron chi connectivity index (χ2n) is 7.25. The third-order valence-corrected chi connectivity index (χ3v) is 6.10. The highest BCUT2D eigenvalue weighted by atomic mass is 32.2. The summed E-state index contributed by atoms with van der Waals surface area (Å²) in [6.45, 7) is 9.04. The van der Waals surface area contributed by atoms with Gasteiger partial charge in [-0.25, -0.2) is 0 Å². The van der Waals surface area contributed by atoms with E-state index in [0.29, 0.717) is 12.5 Å². The van der Waals surface area contributed by atoms with Crippen LogP contribution in [0.1, 0.15) is 55.4 Å². The molecule has 0 bridgehead atoms. The van der Waals surface area contributed by atoms with Gasteiger partial charge in [0.25, 0.3) is 5.91 Å². The fourth-order valence-corrected chi connectivity index (χ4v) is 4.97. The summed E-state index contributed by atoms with van der Waals surface area (Å²) >= 11 is 1.71. The normalized spacial score (nSPS) is 24.7. The molecule has 5 heteroatoms. The molecule has 0 spiro atoms. The summed E-state index contributed by atoms with van der Waals surface area (Å²) in [5.41, 5.74) is 1.77. The average molecular weight is 332 g/mol. The monoisotopic (exact) mass is 332 g/mol. The first-order valence-corrected chi connectivity index (χ1v) is 9.08. The molecule has 1 fully saturated rings. The Morgan fingerprint density at radius 1 is 1.35 bits per heavy atom. The lowest BCUT2D eigenvalue weighted by Gasteiger charge is -2.29. The summed E-state index contributed by atoms with van der Waals surface area (Å²) in [5, 5.41) is 2.98. The summed E-state index contributed by atoms with van der Waals surface area (Å²) in [7, 11) is 0. The second kappa shape index (κ2) is 5.86. The molecule has 2 aliphatic rings. The number of carbonyl (C=O) groups is 2. The fraction of sp³-hybridized carbons (Fsp3) is 0.556. The summed E-state index contributed by atoms with van der Waals surface area (Å²) in [6, 6.07) is 7.27. The van der Waals surface area contributed by atoms with Crippen molar-refractivity contribution in [1.29, 1.82) is 0 Å². The molecule has 1 aromatic rings. The number of carbonyl (C=O) groups excluding carboxylic acids is 2. The van der Waals surface area contributed by atoms with Crippen LogP contribution in [-0.4, -0.2) is 34.0 Å². The van der Waals surface area contributed by atoms with Crippen molar-refractivity contribution in [3.05, 3.63) is 35.4 Å². The highest BCUT2D eigenvalue weighted by Crippen LogP contribution is 2.56. The Hall–Kier alpha value is -1.49. The maximum atomic E-state index is 12.8. The minimum atomic E-state index is -0.426. The van der Waals surface area contributed by atoms with Crippen molar-refractivity contribution in [2.24, 2.45) is 5.92 Å². The van der Waals surface area contributed by atoms with Crippen LogP contribution >= 0.6 is 11.8 Å². The molecule has 23 heavy (non-hydrogen) atoms. The van der Waals surface area contributed by atoms with Gasteiger partial charge < -0.3 is 10.2 Å². The van der Waals surface area contributed by atoms with Crippen molar-refractivity contribution < 1.29 is 9.59 Å². The minimum absolute atomic E-state index is 0.0207. The van der Waals surface area contributed by atoms with Crippen LogP contribution in [0.3, 0.4) is 0 Å². The van der Waals surface area contributed by atoms with E-state index in [1.54, 1.807) is 16.7 Å². The third kappa shape index (κ3) is 2.75. The molecule has 0 saturated carbocycles. The van der Waals surface area contributed by atoms with E-state index in [4.69, 9.17) is 0 Å². The van der Waals surface area contributed by atoms with Crippen molar-refractivity contribution in [3.63, 3.8) is 0 Å². The fourth-order valence-electron chi connectivity index (χ4n) is 3.39. The van der Waals surface area contributed by atoms with E-state index in [9.17, 15) is 9.59 Å². The first-order chi connectivity index (χ1) is 10.8. The maximum absolute atomic E-state index is 12.8. The number of hydrogen-bond donors (Lipinski definition) is 1. The maximum Gasteiger partial charge on any atom is 0.256 e. The number of rotatable bonds is 4. The number of amides is 2. The predicted molar refractivity (Wildman–Crippen MR) is 93.3 cm³/mol. The molecule has 1 N–H and O–H groups in total. The Kier molecular flexibility index (Phi) is 4.17. The van der Waals surface area contributed by atoms with Crippen LogP contribution in [0.4, 0.5) is 0 Å². The van der Waals surface area contributed by atoms with Gasteiger partial charge in [0.05, 0.1) is 0 Å². The van der Waals surface area contributed by atoms with Crippen molar-refractivity contribution in [3.8, 4) is 0 Å². The van der Waals surface area contributed by atoms with Gasteiger partial charge in [-0.2, -0.15) is 0 Å². The zero-order chi connectivity index (χ0) is 16.8. The van der Waals surface area contributed by atoms with E-state index in [-0.39, 0.29) is 21.9 Å². The number of hydrogen-bond acceptors (Lipinski definition) is 3. The lowest BCUT2D eigenvalue weighted by Crippen LogP contribution is -2.52. The second-order valence-corrected chi connectivity index (χ2v) is 8.98. The quantitative estimate of drug-likeness (QED) is 0.921. The van der Waals surface area contributed by atoms with E-state index in [2.05, 4.69) is 33.0 Å². The lowest BCUT2D eigenvalue weighted by molar-refractivity contribution is -0.126. The van der Waals surface area contributed by atoms with Gasteiger partial charge >= 0.3 is 0 Å². The van der Waals surface area contributed by atoms with E-state index in [0.717, 1.165) is 17.5 Å². The van der Waals surface area contributed by atoms with E-state index in [1.165, 1.54) is 0 Å². The number of nitrogens with one attached hydrogen (secondary N) is 1. The summed E-state index contributed by atoms with van der Waals surface area (Å²) in [6.07, 6.45) is 0.948. The van der Waals surface area contributed by atoms with Crippen molar-refractivity contribution in [2.75, 3.05) is 6.54 Å². The molecule has 1 aromatic carbocycles. The Balaban J connectivity index is 1.84. The molecule has 4 nitrogen and oxygen atoms in total. The average Bonchev–Trinajstić information content (AvgIpc) is 2.90. The molecule has 124 valence electrons. The van der Waals surface area contributed by atoms with Gasteiger partial charge in [-0.15, -0.1) is 11.8 Å². The first kappa shape index (κ1) is 16.4. The van der Waals surface area contributed by atoms with E-state index in [1.807, 2.05) is 24.3 Å². The number of thioether (sulfide) groups is 1. The molecule has 0 radical (unpaired) electrons. The van der Waals surface area contributed by atoms with Gasteiger partial charge in [0, 0.05) is 16.9 Å². The molecule has 2 atom stereocenters. The van der Waals surface area contributed by atoms with Crippen LogP contribution in [0.15, 0.2) is 24.3 Å². The van der Waals surface area contributed by atoms with Crippen molar-refractivity contribution in [2.45, 2.75) is 50.3 Å². The van der Waals surface area contributed by atoms with Gasteiger partial charge in [-0.3, -0.25) is 9.59 Å². The molecule has 3 rings (SSSR count). The summed E-state index contributed by atoms with van der Waals surface area (Å²) < 4.78 is -0.296. The van der Waals surface area contributed by atoms with Gasteiger partial charge in [0.2, 0.25) is 5.91 Å². The Morgan fingerprint density at radius 2 is 2.04 bits per heavy atom. The standard InChI is InChI=1S/C18H24N2O2S/c1-11(2)9-10-19-15(21)14-18(3,4)23-17-13-8-6-5-7-12(13)16(22)20(14)17/h5-8,11,14,17H,9-10H2,1-4H3,(H,19,21). The molecule has 2 aliphatic heterocycles. The highest BCUT2D eigenvalue weighted by Gasteiger charge is 2.57. The van der Waals surface area contributed by atoms with Crippen LogP contribution in [0.25, 0.3) is 0 Å². The van der Waals surface area contributed by atoms with Crippen molar-refractivity contribution in [1.82, 2.24) is 10.2 Å². The van der Waals surface area contributed by atoms with Crippen molar-refractivity contribution >= 4 is 23.6 Å². The van der Waals surface area contributed by atoms with Gasteiger partial charge in [0.15, 0.2) is 0 Å². The van der Waals surface area contributed by atoms with E-state index >= 15 is 0 Å². The third-order valence-electron chi connectivity index (χ3n) is 4.57. The Labute approximate surface area is 142 Å². The van der Waals surface area contributed by atoms with E-state index < -0.39 is 6.04 Å². The zero-order valence-electron chi connectivity index (χ0n) is 14.1. The number of fused-ring (bicyclic) bond motifs is 3.